The van der Waals surface area contributed by atoms with Crippen molar-refractivity contribution in [2.24, 2.45) is 0 Å². The van der Waals surface area contributed by atoms with Crippen LogP contribution in [0.1, 0.15) is 0 Å². The standard InChI is InChI=1S/C10H11N5O/c11-10-12-8(6-9(16)13-10)15-14-7-4-2-1-3-5-7/h1-6,14H,(H4,11,12,13,15,16). The van der Waals surface area contributed by atoms with Gasteiger partial charge in [-0.1, -0.05) is 18.2 Å². The molecule has 0 spiro atoms. The van der Waals surface area contributed by atoms with Gasteiger partial charge in [-0.15, -0.1) is 0 Å². The van der Waals surface area contributed by atoms with Gasteiger partial charge in [-0.3, -0.25) is 20.6 Å². The van der Waals surface area contributed by atoms with Crippen LogP contribution in [-0.4, -0.2) is 9.97 Å². The van der Waals surface area contributed by atoms with E-state index in [0.29, 0.717) is 5.82 Å². The van der Waals surface area contributed by atoms with E-state index in [-0.39, 0.29) is 11.5 Å². The first-order valence-corrected chi connectivity index (χ1v) is 4.68. The summed E-state index contributed by atoms with van der Waals surface area (Å²) in [6.45, 7) is 0. The van der Waals surface area contributed by atoms with Crippen LogP contribution in [0.4, 0.5) is 17.5 Å². The first kappa shape index (κ1) is 10.0. The number of nitrogen functional groups attached to an aromatic ring is 1. The summed E-state index contributed by atoms with van der Waals surface area (Å²) in [6, 6.07) is 10.8. The van der Waals surface area contributed by atoms with Crippen molar-refractivity contribution < 1.29 is 0 Å². The molecule has 0 unspecified atom stereocenters. The number of hydrazine groups is 1. The van der Waals surface area contributed by atoms with Gasteiger partial charge in [0.05, 0.1) is 5.69 Å². The molecule has 6 heteroatoms. The van der Waals surface area contributed by atoms with Crippen molar-refractivity contribution in [1.82, 2.24) is 9.97 Å². The quantitative estimate of drug-likeness (QED) is 0.570. The van der Waals surface area contributed by atoms with Gasteiger partial charge in [0.15, 0.2) is 5.82 Å². The summed E-state index contributed by atoms with van der Waals surface area (Å²) in [5.41, 5.74) is 11.6. The zero-order chi connectivity index (χ0) is 11.4. The smallest absolute Gasteiger partial charge is 0.254 e. The molecule has 1 aromatic carbocycles. The van der Waals surface area contributed by atoms with Gasteiger partial charge in [-0.25, -0.2) is 0 Å². The second-order valence-corrected chi connectivity index (χ2v) is 3.13. The molecule has 0 fully saturated rings. The maximum atomic E-state index is 11.1. The van der Waals surface area contributed by atoms with Gasteiger partial charge in [-0.2, -0.15) is 4.98 Å². The van der Waals surface area contributed by atoms with Crippen LogP contribution in [0.5, 0.6) is 0 Å². The Balaban J connectivity index is 2.08. The molecule has 0 saturated carbocycles. The number of hydrogen-bond acceptors (Lipinski definition) is 5. The highest BCUT2D eigenvalue weighted by Crippen LogP contribution is 2.06. The molecule has 0 radical (unpaired) electrons. The zero-order valence-electron chi connectivity index (χ0n) is 8.40. The molecule has 16 heavy (non-hydrogen) atoms. The second-order valence-electron chi connectivity index (χ2n) is 3.13. The topological polar surface area (TPSA) is 95.8 Å². The molecular weight excluding hydrogens is 206 g/mol. The summed E-state index contributed by atoms with van der Waals surface area (Å²) in [5.74, 6) is 0.440. The number of benzene rings is 1. The second kappa shape index (κ2) is 4.35. The van der Waals surface area contributed by atoms with Crippen molar-refractivity contribution in [3.63, 3.8) is 0 Å². The number of aromatic nitrogens is 2. The van der Waals surface area contributed by atoms with Gasteiger partial charge in [0, 0.05) is 6.07 Å². The average molecular weight is 217 g/mol. The van der Waals surface area contributed by atoms with Gasteiger partial charge in [0.25, 0.3) is 5.56 Å². The van der Waals surface area contributed by atoms with E-state index in [9.17, 15) is 4.79 Å². The Bertz CT molecular complexity index is 522. The van der Waals surface area contributed by atoms with Gasteiger partial charge in [0.2, 0.25) is 5.95 Å². The Morgan fingerprint density at radius 1 is 1.19 bits per heavy atom. The van der Waals surface area contributed by atoms with Crippen LogP contribution in [-0.2, 0) is 0 Å². The molecule has 0 bridgehead atoms. The number of H-pyrrole nitrogens is 1. The molecule has 0 saturated heterocycles. The van der Waals surface area contributed by atoms with Gasteiger partial charge >= 0.3 is 0 Å². The maximum absolute atomic E-state index is 11.1. The van der Waals surface area contributed by atoms with Crippen molar-refractivity contribution >= 4 is 17.5 Å². The van der Waals surface area contributed by atoms with Crippen LogP contribution >= 0.6 is 0 Å². The molecule has 0 aliphatic heterocycles. The van der Waals surface area contributed by atoms with Crippen LogP contribution in [0.25, 0.3) is 0 Å². The summed E-state index contributed by atoms with van der Waals surface area (Å²) in [4.78, 5) is 17.3. The Labute approximate surface area is 91.5 Å². The highest BCUT2D eigenvalue weighted by molar-refractivity contribution is 5.49. The van der Waals surface area contributed by atoms with Crippen LogP contribution in [0.2, 0.25) is 0 Å². The number of nitrogens with zero attached hydrogens (tertiary/aromatic N) is 1. The van der Waals surface area contributed by atoms with Gasteiger partial charge in [0.1, 0.15) is 0 Å². The lowest BCUT2D eigenvalue weighted by atomic mass is 10.3. The third-order valence-electron chi connectivity index (χ3n) is 1.87. The zero-order valence-corrected chi connectivity index (χ0v) is 8.40. The fourth-order valence-corrected chi connectivity index (χ4v) is 1.20. The number of anilines is 3. The SMILES string of the molecule is Nc1nc(NNc2ccccc2)cc(=O)[nH]1. The lowest BCUT2D eigenvalue weighted by Gasteiger charge is -2.08. The lowest BCUT2D eigenvalue weighted by molar-refractivity contribution is 1.13. The molecule has 0 aliphatic carbocycles. The number of rotatable bonds is 3. The molecule has 2 aromatic rings. The average Bonchev–Trinajstić information content (AvgIpc) is 2.27. The van der Waals surface area contributed by atoms with E-state index < -0.39 is 0 Å². The summed E-state index contributed by atoms with van der Waals surface area (Å²) >= 11 is 0. The van der Waals surface area contributed by atoms with Crippen molar-refractivity contribution in [1.29, 1.82) is 0 Å². The third-order valence-corrected chi connectivity index (χ3v) is 1.87. The molecule has 2 rings (SSSR count). The molecule has 1 heterocycles. The van der Waals surface area contributed by atoms with Gasteiger partial charge in [-0.05, 0) is 12.1 Å². The molecular formula is C10H11N5O. The fraction of sp³-hybridized carbons (Fsp3) is 0. The van der Waals surface area contributed by atoms with E-state index in [1.165, 1.54) is 6.07 Å². The summed E-state index contributed by atoms with van der Waals surface area (Å²) in [7, 11) is 0. The Morgan fingerprint density at radius 3 is 2.62 bits per heavy atom. The fourth-order valence-electron chi connectivity index (χ4n) is 1.20. The highest BCUT2D eigenvalue weighted by Gasteiger charge is 1.97. The number of aromatic amines is 1. The molecule has 0 amide bonds. The van der Waals surface area contributed by atoms with Gasteiger partial charge < -0.3 is 5.73 Å². The number of nitrogens with two attached hydrogens (primary N) is 1. The Morgan fingerprint density at radius 2 is 1.94 bits per heavy atom. The number of hydrogen-bond donors (Lipinski definition) is 4. The van der Waals surface area contributed by atoms with E-state index in [1.807, 2.05) is 30.3 Å². The molecule has 0 aliphatic rings. The van der Waals surface area contributed by atoms with Crippen LogP contribution in [0.3, 0.4) is 0 Å². The lowest BCUT2D eigenvalue weighted by Crippen LogP contribution is -2.16. The predicted octanol–water partition coefficient (Wildman–Crippen LogP) is 0.791. The minimum absolute atomic E-state index is 0.0739. The van der Waals surface area contributed by atoms with Crippen molar-refractivity contribution in [2.45, 2.75) is 0 Å². The molecule has 82 valence electrons. The number of para-hydroxylation sites is 1. The predicted molar refractivity (Wildman–Crippen MR) is 63.0 cm³/mol. The summed E-state index contributed by atoms with van der Waals surface area (Å²) < 4.78 is 0. The van der Waals surface area contributed by atoms with Crippen molar-refractivity contribution in [2.75, 3.05) is 16.6 Å². The summed E-state index contributed by atoms with van der Waals surface area (Å²) in [6.07, 6.45) is 0. The van der Waals surface area contributed by atoms with Crippen molar-refractivity contribution in [3.05, 3.63) is 46.8 Å². The minimum atomic E-state index is -0.301. The molecule has 0 atom stereocenters. The molecule has 6 nitrogen and oxygen atoms in total. The van der Waals surface area contributed by atoms with Crippen LogP contribution in [0.15, 0.2) is 41.2 Å². The Kier molecular flexibility index (Phi) is 2.73. The van der Waals surface area contributed by atoms with Crippen LogP contribution in [0, 0.1) is 0 Å². The third kappa shape index (κ3) is 2.50. The monoisotopic (exact) mass is 217 g/mol. The molecule has 1 aromatic heterocycles. The largest absolute Gasteiger partial charge is 0.369 e. The number of nitrogens with one attached hydrogen (secondary N) is 3. The van der Waals surface area contributed by atoms with E-state index in [0.717, 1.165) is 5.69 Å². The van der Waals surface area contributed by atoms with Crippen molar-refractivity contribution in [3.8, 4) is 0 Å². The molecule has 5 N–H and O–H groups in total. The van der Waals surface area contributed by atoms with E-state index in [4.69, 9.17) is 5.73 Å². The van der Waals surface area contributed by atoms with E-state index in [1.54, 1.807) is 0 Å². The van der Waals surface area contributed by atoms with E-state index in [2.05, 4.69) is 20.8 Å². The van der Waals surface area contributed by atoms with Crippen LogP contribution < -0.4 is 22.1 Å². The maximum Gasteiger partial charge on any atom is 0.254 e. The first-order valence-electron chi connectivity index (χ1n) is 4.68. The normalized spacial score (nSPS) is 9.75. The minimum Gasteiger partial charge on any atom is -0.369 e. The Hall–Kier alpha value is -2.50. The first-order chi connectivity index (χ1) is 7.74. The highest BCUT2D eigenvalue weighted by atomic mass is 16.1. The van der Waals surface area contributed by atoms with E-state index >= 15 is 0 Å². The summed E-state index contributed by atoms with van der Waals surface area (Å²) in [5, 5.41) is 0.